The van der Waals surface area contributed by atoms with Gasteiger partial charge in [0.15, 0.2) is 11.5 Å². The van der Waals surface area contributed by atoms with Crippen molar-refractivity contribution in [3.05, 3.63) is 35.5 Å². The first-order valence-electron chi connectivity index (χ1n) is 6.14. The first kappa shape index (κ1) is 11.8. The van der Waals surface area contributed by atoms with Crippen molar-refractivity contribution in [3.63, 3.8) is 0 Å². The minimum atomic E-state index is -1.09. The first-order valence-corrected chi connectivity index (χ1v) is 6.14. The van der Waals surface area contributed by atoms with Gasteiger partial charge in [-0.3, -0.25) is 0 Å². The molecule has 1 N–H and O–H groups in total. The van der Waals surface area contributed by atoms with Crippen LogP contribution >= 0.6 is 0 Å². The summed E-state index contributed by atoms with van der Waals surface area (Å²) in [6.45, 7) is 2.03. The molecule has 98 valence electrons. The predicted octanol–water partition coefficient (Wildman–Crippen LogP) is 2.75. The number of hydrogen-bond donors (Lipinski definition) is 1. The van der Waals surface area contributed by atoms with Gasteiger partial charge in [0.2, 0.25) is 0 Å². The molecular formula is C14H13NO4. The molecule has 1 aromatic carbocycles. The van der Waals surface area contributed by atoms with Gasteiger partial charge in [-0.25, -0.2) is 4.79 Å². The van der Waals surface area contributed by atoms with Crippen LogP contribution in [0, 0.1) is 0 Å². The SMILES string of the molecule is CC1CCc2c(cccc2-c2cc(C(=O)O)no2)O1. The van der Waals surface area contributed by atoms with Crippen LogP contribution in [0.3, 0.4) is 0 Å². The Kier molecular flexibility index (Phi) is 2.74. The monoisotopic (exact) mass is 259 g/mol. The Bertz CT molecular complexity index is 632. The van der Waals surface area contributed by atoms with Gasteiger partial charge in [-0.05, 0) is 25.8 Å². The third-order valence-electron chi connectivity index (χ3n) is 3.26. The molecule has 0 fully saturated rings. The smallest absolute Gasteiger partial charge is 0.358 e. The van der Waals surface area contributed by atoms with Crippen molar-refractivity contribution >= 4 is 5.97 Å². The number of benzene rings is 1. The van der Waals surface area contributed by atoms with Crippen molar-refractivity contribution in [2.75, 3.05) is 0 Å². The molecule has 1 aromatic heterocycles. The molecule has 1 atom stereocenters. The van der Waals surface area contributed by atoms with E-state index >= 15 is 0 Å². The summed E-state index contributed by atoms with van der Waals surface area (Å²) in [5.74, 6) is 0.210. The number of ether oxygens (including phenoxy) is 1. The fraction of sp³-hybridized carbons (Fsp3) is 0.286. The van der Waals surface area contributed by atoms with Crippen LogP contribution in [0.1, 0.15) is 29.4 Å². The molecule has 0 spiro atoms. The van der Waals surface area contributed by atoms with Crippen molar-refractivity contribution in [1.29, 1.82) is 0 Å². The Labute approximate surface area is 109 Å². The maximum atomic E-state index is 10.8. The van der Waals surface area contributed by atoms with E-state index in [1.807, 2.05) is 25.1 Å². The van der Waals surface area contributed by atoms with Crippen LogP contribution in [0.2, 0.25) is 0 Å². The zero-order valence-electron chi connectivity index (χ0n) is 10.4. The first-order chi connectivity index (χ1) is 9.15. The number of rotatable bonds is 2. The molecule has 0 radical (unpaired) electrons. The molecular weight excluding hydrogens is 246 g/mol. The topological polar surface area (TPSA) is 72.6 Å². The summed E-state index contributed by atoms with van der Waals surface area (Å²) in [6, 6.07) is 7.12. The Morgan fingerprint density at radius 2 is 2.32 bits per heavy atom. The molecule has 19 heavy (non-hydrogen) atoms. The van der Waals surface area contributed by atoms with Crippen molar-refractivity contribution in [2.24, 2.45) is 0 Å². The van der Waals surface area contributed by atoms with Gasteiger partial charge in [-0.2, -0.15) is 0 Å². The highest BCUT2D eigenvalue weighted by Gasteiger charge is 2.22. The molecule has 2 heterocycles. The fourth-order valence-corrected chi connectivity index (χ4v) is 2.29. The van der Waals surface area contributed by atoms with E-state index in [0.29, 0.717) is 5.76 Å². The van der Waals surface area contributed by atoms with Gasteiger partial charge >= 0.3 is 5.97 Å². The lowest BCUT2D eigenvalue weighted by Crippen LogP contribution is -2.19. The van der Waals surface area contributed by atoms with Crippen LogP contribution in [0.4, 0.5) is 0 Å². The Morgan fingerprint density at radius 1 is 1.47 bits per heavy atom. The van der Waals surface area contributed by atoms with Crippen molar-refractivity contribution in [1.82, 2.24) is 5.16 Å². The van der Waals surface area contributed by atoms with Gasteiger partial charge in [0.25, 0.3) is 0 Å². The van der Waals surface area contributed by atoms with Crippen molar-refractivity contribution in [2.45, 2.75) is 25.9 Å². The number of nitrogens with zero attached hydrogens (tertiary/aromatic N) is 1. The van der Waals surface area contributed by atoms with Gasteiger partial charge in [0.05, 0.1) is 6.10 Å². The standard InChI is InChI=1S/C14H13NO4/c1-8-5-6-10-9(3-2-4-12(10)18-8)13-7-11(14(16)17)15-19-13/h2-4,7-8H,5-6H2,1H3,(H,16,17). The second kappa shape index (κ2) is 4.42. The Morgan fingerprint density at radius 3 is 3.05 bits per heavy atom. The van der Waals surface area contributed by atoms with Gasteiger partial charge in [-0.15, -0.1) is 0 Å². The van der Waals surface area contributed by atoms with Crippen LogP contribution in [-0.4, -0.2) is 22.3 Å². The van der Waals surface area contributed by atoms with Crippen molar-refractivity contribution in [3.8, 4) is 17.1 Å². The van der Waals surface area contributed by atoms with Crippen LogP contribution in [0.25, 0.3) is 11.3 Å². The summed E-state index contributed by atoms with van der Waals surface area (Å²) < 4.78 is 10.9. The van der Waals surface area contributed by atoms with Crippen LogP contribution in [0.15, 0.2) is 28.8 Å². The average molecular weight is 259 g/mol. The van der Waals surface area contributed by atoms with E-state index in [1.54, 1.807) is 0 Å². The van der Waals surface area contributed by atoms with Gasteiger partial charge in [0, 0.05) is 17.2 Å². The average Bonchev–Trinajstić information content (AvgIpc) is 2.87. The van der Waals surface area contributed by atoms with Crippen molar-refractivity contribution < 1.29 is 19.2 Å². The van der Waals surface area contributed by atoms with E-state index in [2.05, 4.69) is 5.16 Å². The van der Waals surface area contributed by atoms with Gasteiger partial charge in [-0.1, -0.05) is 17.3 Å². The normalized spacial score (nSPS) is 17.6. The highest BCUT2D eigenvalue weighted by atomic mass is 16.5. The largest absolute Gasteiger partial charge is 0.490 e. The predicted molar refractivity (Wildman–Crippen MR) is 67.3 cm³/mol. The summed E-state index contributed by atoms with van der Waals surface area (Å²) in [5.41, 5.74) is 1.82. The number of hydrogen-bond acceptors (Lipinski definition) is 4. The Hall–Kier alpha value is -2.30. The molecule has 1 aliphatic rings. The molecule has 0 saturated heterocycles. The summed E-state index contributed by atoms with van der Waals surface area (Å²) in [4.78, 5) is 10.8. The number of carboxylic acid groups (broad SMARTS) is 1. The zero-order valence-corrected chi connectivity index (χ0v) is 10.4. The van der Waals surface area contributed by atoms with Gasteiger partial charge in [0.1, 0.15) is 5.75 Å². The molecule has 0 amide bonds. The highest BCUT2D eigenvalue weighted by molar-refractivity contribution is 5.86. The lowest BCUT2D eigenvalue weighted by atomic mass is 9.96. The summed E-state index contributed by atoms with van der Waals surface area (Å²) in [6.07, 6.45) is 2.02. The number of aromatic carboxylic acids is 1. The molecule has 0 aliphatic carbocycles. The number of fused-ring (bicyclic) bond motifs is 1. The molecule has 0 bridgehead atoms. The minimum Gasteiger partial charge on any atom is -0.490 e. The molecule has 3 rings (SSSR count). The number of aromatic nitrogens is 1. The van der Waals surface area contributed by atoms with Crippen LogP contribution < -0.4 is 4.74 Å². The molecule has 5 nitrogen and oxygen atoms in total. The van der Waals surface area contributed by atoms with Gasteiger partial charge < -0.3 is 14.4 Å². The molecule has 2 aromatic rings. The molecule has 1 aliphatic heterocycles. The molecule has 0 saturated carbocycles. The summed E-state index contributed by atoms with van der Waals surface area (Å²) >= 11 is 0. The maximum Gasteiger partial charge on any atom is 0.358 e. The van der Waals surface area contributed by atoms with E-state index < -0.39 is 5.97 Å². The maximum absolute atomic E-state index is 10.8. The van der Waals surface area contributed by atoms with E-state index in [-0.39, 0.29) is 11.8 Å². The molecule has 5 heteroatoms. The third-order valence-corrected chi connectivity index (χ3v) is 3.26. The molecule has 1 unspecified atom stereocenters. The summed E-state index contributed by atoms with van der Waals surface area (Å²) in [5, 5.41) is 12.4. The second-order valence-electron chi connectivity index (χ2n) is 4.63. The highest BCUT2D eigenvalue weighted by Crippen LogP contribution is 2.35. The van der Waals surface area contributed by atoms with Crippen LogP contribution in [0.5, 0.6) is 5.75 Å². The third kappa shape index (κ3) is 2.07. The summed E-state index contributed by atoms with van der Waals surface area (Å²) in [7, 11) is 0. The Balaban J connectivity index is 2.05. The quantitative estimate of drug-likeness (QED) is 0.897. The minimum absolute atomic E-state index is 0.0855. The number of carbonyl (C=O) groups is 1. The van der Waals surface area contributed by atoms with E-state index in [1.165, 1.54) is 6.07 Å². The second-order valence-corrected chi connectivity index (χ2v) is 4.63. The van der Waals surface area contributed by atoms with E-state index in [4.69, 9.17) is 14.4 Å². The fourth-order valence-electron chi connectivity index (χ4n) is 2.29. The lowest BCUT2D eigenvalue weighted by molar-refractivity contribution is 0.0686. The van der Waals surface area contributed by atoms with Crippen LogP contribution in [-0.2, 0) is 6.42 Å². The van der Waals surface area contributed by atoms with E-state index in [0.717, 1.165) is 29.7 Å². The number of carboxylic acids is 1. The zero-order chi connectivity index (χ0) is 13.4. The lowest BCUT2D eigenvalue weighted by Gasteiger charge is -2.24. The van der Waals surface area contributed by atoms with E-state index in [9.17, 15) is 4.79 Å².